The zero-order valence-electron chi connectivity index (χ0n) is 12.3. The first kappa shape index (κ1) is 13.5. The van der Waals surface area contributed by atoms with E-state index in [1.165, 1.54) is 12.2 Å². The van der Waals surface area contributed by atoms with Crippen LogP contribution in [-0.2, 0) is 9.59 Å². The topological polar surface area (TPSA) is 49.7 Å². The number of aryl methyl sites for hydroxylation is 2. The van der Waals surface area contributed by atoms with Crippen LogP contribution in [0.1, 0.15) is 16.7 Å². The van der Waals surface area contributed by atoms with E-state index in [9.17, 15) is 9.59 Å². The van der Waals surface area contributed by atoms with E-state index in [0.29, 0.717) is 5.71 Å². The van der Waals surface area contributed by atoms with Gasteiger partial charge in [0.25, 0.3) is 5.91 Å². The Bertz CT molecular complexity index is 705. The summed E-state index contributed by atoms with van der Waals surface area (Å²) in [6, 6.07) is 5.97. The number of allylic oxidation sites excluding steroid dienone is 2. The number of ketones is 1. The van der Waals surface area contributed by atoms with Gasteiger partial charge in [-0.15, -0.1) is 0 Å². The number of likely N-dealkylation sites (N-methyl/N-ethyl adjacent to an activating group) is 1. The Kier molecular flexibility index (Phi) is 2.90. The van der Waals surface area contributed by atoms with Gasteiger partial charge in [-0.05, 0) is 50.3 Å². The minimum absolute atomic E-state index is 0.0866. The second-order valence-electron chi connectivity index (χ2n) is 5.55. The minimum atomic E-state index is -0.863. The molecule has 1 spiro atoms. The number of benzene rings is 1. The van der Waals surface area contributed by atoms with Gasteiger partial charge in [-0.2, -0.15) is 0 Å². The van der Waals surface area contributed by atoms with Gasteiger partial charge in [0, 0.05) is 12.6 Å². The summed E-state index contributed by atoms with van der Waals surface area (Å²) in [5, 5.41) is 0. The molecule has 1 aromatic carbocycles. The third-order valence-electron chi connectivity index (χ3n) is 3.82. The maximum Gasteiger partial charge on any atom is 0.274 e. The van der Waals surface area contributed by atoms with E-state index in [1.807, 2.05) is 26.0 Å². The van der Waals surface area contributed by atoms with Crippen LogP contribution in [0, 0.1) is 13.8 Å². The molecule has 0 saturated carbocycles. The number of nitrogens with zero attached hydrogens (tertiary/aromatic N) is 2. The van der Waals surface area contributed by atoms with Crippen molar-refractivity contribution in [1.29, 1.82) is 0 Å². The van der Waals surface area contributed by atoms with Gasteiger partial charge in [-0.25, -0.2) is 4.99 Å². The Labute approximate surface area is 123 Å². The Balaban J connectivity index is 2.11. The Morgan fingerprint density at radius 1 is 1.00 bits per heavy atom. The molecule has 0 N–H and O–H groups in total. The molecule has 0 aromatic heterocycles. The molecule has 2 aliphatic rings. The van der Waals surface area contributed by atoms with Crippen LogP contribution in [0.25, 0.3) is 0 Å². The average Bonchev–Trinajstić information content (AvgIpc) is 2.67. The molecule has 1 amide bonds. The van der Waals surface area contributed by atoms with Gasteiger partial charge in [-0.1, -0.05) is 17.2 Å². The first-order valence-electron chi connectivity index (χ1n) is 6.80. The molecule has 0 bridgehead atoms. The molecule has 4 nitrogen and oxygen atoms in total. The van der Waals surface area contributed by atoms with Crippen LogP contribution in [0.4, 0.5) is 0 Å². The standard InChI is InChI=1S/C17H16N2O2/c1-11-8-12(2)10-13(9-11)15-16(21)19(3)17(18-15)6-4-14(20)5-7-17/h4-10H,1-3H3. The number of hydrogen-bond donors (Lipinski definition) is 0. The van der Waals surface area contributed by atoms with Crippen molar-refractivity contribution in [3.8, 4) is 0 Å². The second-order valence-corrected chi connectivity index (χ2v) is 5.55. The fourth-order valence-corrected chi connectivity index (χ4v) is 2.74. The molecule has 0 atom stereocenters. The molecule has 1 aliphatic heterocycles. The highest BCUT2D eigenvalue weighted by molar-refractivity contribution is 6.47. The minimum Gasteiger partial charge on any atom is -0.309 e. The molecule has 1 heterocycles. The molecule has 106 valence electrons. The van der Waals surface area contributed by atoms with Crippen LogP contribution in [0.15, 0.2) is 47.5 Å². The number of aliphatic imine (C=N–C) groups is 1. The Morgan fingerprint density at radius 3 is 2.14 bits per heavy atom. The number of amides is 1. The third-order valence-corrected chi connectivity index (χ3v) is 3.82. The van der Waals surface area contributed by atoms with E-state index in [1.54, 1.807) is 24.1 Å². The van der Waals surface area contributed by atoms with Gasteiger partial charge < -0.3 is 4.90 Å². The molecule has 0 unspecified atom stereocenters. The van der Waals surface area contributed by atoms with Gasteiger partial charge in [0.15, 0.2) is 11.4 Å². The van der Waals surface area contributed by atoms with Gasteiger partial charge in [0.1, 0.15) is 5.71 Å². The van der Waals surface area contributed by atoms with Crippen LogP contribution < -0.4 is 0 Å². The third kappa shape index (κ3) is 2.13. The van der Waals surface area contributed by atoms with Gasteiger partial charge in [0.05, 0.1) is 0 Å². The lowest BCUT2D eigenvalue weighted by Gasteiger charge is -2.28. The summed E-state index contributed by atoms with van der Waals surface area (Å²) in [7, 11) is 1.70. The number of rotatable bonds is 1. The summed E-state index contributed by atoms with van der Waals surface area (Å²) < 4.78 is 0. The summed E-state index contributed by atoms with van der Waals surface area (Å²) >= 11 is 0. The number of hydrogen-bond acceptors (Lipinski definition) is 3. The molecular weight excluding hydrogens is 264 g/mol. The van der Waals surface area contributed by atoms with Gasteiger partial charge >= 0.3 is 0 Å². The van der Waals surface area contributed by atoms with E-state index in [0.717, 1.165) is 16.7 Å². The predicted octanol–water partition coefficient (Wildman–Crippen LogP) is 1.96. The fraction of sp³-hybridized carbons (Fsp3) is 0.235. The van der Waals surface area contributed by atoms with Crippen molar-refractivity contribution in [2.75, 3.05) is 7.05 Å². The molecule has 0 radical (unpaired) electrons. The van der Waals surface area contributed by atoms with Crippen molar-refractivity contribution in [2.24, 2.45) is 4.99 Å². The highest BCUT2D eigenvalue weighted by Crippen LogP contribution is 2.30. The summed E-state index contributed by atoms with van der Waals surface area (Å²) in [5.41, 5.74) is 2.58. The van der Waals surface area contributed by atoms with Gasteiger partial charge in [0.2, 0.25) is 0 Å². The van der Waals surface area contributed by atoms with Crippen LogP contribution in [0.5, 0.6) is 0 Å². The zero-order chi connectivity index (χ0) is 15.2. The molecule has 3 rings (SSSR count). The SMILES string of the molecule is Cc1cc(C)cc(C2=NC3(C=CC(=O)C=C3)N(C)C2=O)c1. The smallest absolute Gasteiger partial charge is 0.274 e. The normalized spacial score (nSPS) is 19.6. The van der Waals surface area contributed by atoms with Gasteiger partial charge in [-0.3, -0.25) is 9.59 Å². The molecule has 21 heavy (non-hydrogen) atoms. The maximum absolute atomic E-state index is 12.5. The first-order chi connectivity index (χ1) is 9.91. The Hall–Kier alpha value is -2.49. The summed E-state index contributed by atoms with van der Waals surface area (Å²) in [4.78, 5) is 30.0. The predicted molar refractivity (Wildman–Crippen MR) is 81.2 cm³/mol. The van der Waals surface area contributed by atoms with Crippen molar-refractivity contribution in [3.05, 3.63) is 59.2 Å². The van der Waals surface area contributed by atoms with Crippen molar-refractivity contribution < 1.29 is 9.59 Å². The van der Waals surface area contributed by atoms with Crippen molar-refractivity contribution in [2.45, 2.75) is 19.5 Å². The van der Waals surface area contributed by atoms with Crippen LogP contribution in [-0.4, -0.2) is 35.0 Å². The largest absolute Gasteiger partial charge is 0.309 e. The van der Waals surface area contributed by atoms with Crippen molar-refractivity contribution in [3.63, 3.8) is 0 Å². The highest BCUT2D eigenvalue weighted by Gasteiger charge is 2.42. The average molecular weight is 280 g/mol. The van der Waals surface area contributed by atoms with Crippen LogP contribution >= 0.6 is 0 Å². The van der Waals surface area contributed by atoms with E-state index in [4.69, 9.17) is 0 Å². The molecular formula is C17H16N2O2. The van der Waals surface area contributed by atoms with Crippen molar-refractivity contribution in [1.82, 2.24) is 4.90 Å². The molecule has 4 heteroatoms. The summed E-state index contributed by atoms with van der Waals surface area (Å²) in [5.74, 6) is -0.222. The molecule has 0 saturated heterocycles. The van der Waals surface area contributed by atoms with E-state index in [2.05, 4.69) is 11.1 Å². The summed E-state index contributed by atoms with van der Waals surface area (Å²) in [6.45, 7) is 3.99. The summed E-state index contributed by atoms with van der Waals surface area (Å²) in [6.07, 6.45) is 6.25. The van der Waals surface area contributed by atoms with Crippen molar-refractivity contribution >= 4 is 17.4 Å². The molecule has 1 aliphatic carbocycles. The fourth-order valence-electron chi connectivity index (χ4n) is 2.74. The first-order valence-corrected chi connectivity index (χ1v) is 6.80. The molecule has 0 fully saturated rings. The second kappa shape index (κ2) is 4.52. The maximum atomic E-state index is 12.5. The monoisotopic (exact) mass is 280 g/mol. The van der Waals surface area contributed by atoms with Crippen LogP contribution in [0.3, 0.4) is 0 Å². The number of carbonyl (C=O) groups excluding carboxylic acids is 2. The lowest BCUT2D eigenvalue weighted by Crippen LogP contribution is -2.42. The number of carbonyl (C=O) groups is 2. The van der Waals surface area contributed by atoms with E-state index in [-0.39, 0.29) is 11.7 Å². The Morgan fingerprint density at radius 2 is 1.57 bits per heavy atom. The molecule has 1 aromatic rings. The van der Waals surface area contributed by atoms with Crippen LogP contribution in [0.2, 0.25) is 0 Å². The lowest BCUT2D eigenvalue weighted by atomic mass is 10.0. The zero-order valence-corrected chi connectivity index (χ0v) is 12.3. The highest BCUT2D eigenvalue weighted by atomic mass is 16.2. The quantitative estimate of drug-likeness (QED) is 0.789. The van der Waals surface area contributed by atoms with E-state index < -0.39 is 5.66 Å². The lowest BCUT2D eigenvalue weighted by molar-refractivity contribution is -0.124. The van der Waals surface area contributed by atoms with E-state index >= 15 is 0 Å².